The number of carbonyl (C=O) groups excluding carboxylic acids is 1. The predicted molar refractivity (Wildman–Crippen MR) is 92.6 cm³/mol. The summed E-state index contributed by atoms with van der Waals surface area (Å²) in [5, 5.41) is 10.6. The average Bonchev–Trinajstić information content (AvgIpc) is 2.56. The third-order valence-corrected chi connectivity index (χ3v) is 3.95. The maximum absolute atomic E-state index is 11.8. The number of aryl methyl sites for hydroxylation is 2. The summed E-state index contributed by atoms with van der Waals surface area (Å²) in [4.78, 5) is 20.2. The van der Waals surface area contributed by atoms with Gasteiger partial charge in [-0.2, -0.15) is 0 Å². The zero-order valence-corrected chi connectivity index (χ0v) is 13.4. The summed E-state index contributed by atoms with van der Waals surface area (Å²) in [5.74, 6) is -0.357. The van der Waals surface area contributed by atoms with Crippen LogP contribution in [0.4, 0.5) is 0 Å². The molecule has 0 aliphatic heterocycles. The largest absolute Gasteiger partial charge is 0.506 e. The van der Waals surface area contributed by atoms with E-state index in [0.717, 1.165) is 16.7 Å². The number of hydrogen-bond acceptors (Lipinski definition) is 4. The van der Waals surface area contributed by atoms with Crippen LogP contribution in [0.5, 0.6) is 5.75 Å². The summed E-state index contributed by atoms with van der Waals surface area (Å²) in [7, 11) is 0. The molecule has 1 heterocycles. The van der Waals surface area contributed by atoms with Gasteiger partial charge in [-0.15, -0.1) is 0 Å². The van der Waals surface area contributed by atoms with Gasteiger partial charge in [-0.3, -0.25) is 4.79 Å². The fraction of sp³-hybridized carbons (Fsp3) is 0.105. The summed E-state index contributed by atoms with van der Waals surface area (Å²) in [6.45, 7) is 3.91. The summed E-state index contributed by atoms with van der Waals surface area (Å²) < 4.78 is 0. The maximum Gasteiger partial charge on any atom is 0.252 e. The number of phenols is 1. The first kappa shape index (κ1) is 15.7. The number of primary amides is 1. The Morgan fingerprint density at radius 2 is 1.67 bits per heavy atom. The number of rotatable bonds is 3. The number of aromatic nitrogens is 2. The van der Waals surface area contributed by atoms with Crippen molar-refractivity contribution in [1.29, 1.82) is 0 Å². The molecule has 0 spiro atoms. The van der Waals surface area contributed by atoms with Crippen LogP contribution in [0.3, 0.4) is 0 Å². The predicted octanol–water partition coefficient (Wildman–Crippen LogP) is 3.23. The Balaban J connectivity index is 2.34. The van der Waals surface area contributed by atoms with Gasteiger partial charge in [-0.1, -0.05) is 18.2 Å². The Labute approximate surface area is 139 Å². The quantitative estimate of drug-likeness (QED) is 0.775. The van der Waals surface area contributed by atoms with E-state index in [-0.39, 0.29) is 11.3 Å². The number of hydrogen-bond donors (Lipinski definition) is 2. The highest BCUT2D eigenvalue weighted by molar-refractivity contribution is 6.00. The highest BCUT2D eigenvalue weighted by Crippen LogP contribution is 2.38. The van der Waals surface area contributed by atoms with Crippen LogP contribution in [-0.4, -0.2) is 21.0 Å². The van der Waals surface area contributed by atoms with E-state index in [9.17, 15) is 9.90 Å². The monoisotopic (exact) mass is 319 g/mol. The zero-order valence-electron chi connectivity index (χ0n) is 13.4. The average molecular weight is 319 g/mol. The van der Waals surface area contributed by atoms with Gasteiger partial charge in [0.2, 0.25) is 0 Å². The van der Waals surface area contributed by atoms with Crippen LogP contribution in [0.25, 0.3) is 22.5 Å². The van der Waals surface area contributed by atoms with Crippen LogP contribution in [-0.2, 0) is 0 Å². The minimum atomic E-state index is -0.697. The number of nitrogens with zero attached hydrogens (tertiary/aromatic N) is 2. The summed E-state index contributed by atoms with van der Waals surface area (Å²) in [6, 6.07) is 10.9. The third kappa shape index (κ3) is 2.72. The van der Waals surface area contributed by atoms with Gasteiger partial charge in [-0.05, 0) is 48.7 Å². The first-order valence-electron chi connectivity index (χ1n) is 7.50. The lowest BCUT2D eigenvalue weighted by atomic mass is 9.91. The lowest BCUT2D eigenvalue weighted by Crippen LogP contribution is -2.12. The Hall–Kier alpha value is -3.21. The molecule has 1 amide bonds. The number of carbonyl (C=O) groups is 1. The molecule has 24 heavy (non-hydrogen) atoms. The summed E-state index contributed by atoms with van der Waals surface area (Å²) in [6.07, 6.45) is 3.25. The van der Waals surface area contributed by atoms with E-state index >= 15 is 0 Å². The number of nitrogens with two attached hydrogens (primary N) is 1. The summed E-state index contributed by atoms with van der Waals surface area (Å²) in [5.41, 5.74) is 9.52. The van der Waals surface area contributed by atoms with Crippen molar-refractivity contribution in [2.24, 2.45) is 5.73 Å². The molecule has 0 radical (unpaired) electrons. The first-order valence-corrected chi connectivity index (χ1v) is 7.50. The number of benzene rings is 2. The maximum atomic E-state index is 11.8. The van der Waals surface area contributed by atoms with Crippen molar-refractivity contribution >= 4 is 5.91 Å². The molecule has 5 heteroatoms. The normalized spacial score (nSPS) is 10.6. The van der Waals surface area contributed by atoms with E-state index < -0.39 is 5.91 Å². The molecular weight excluding hydrogens is 302 g/mol. The lowest BCUT2D eigenvalue weighted by molar-refractivity contribution is 0.0998. The molecule has 0 aliphatic rings. The lowest BCUT2D eigenvalue weighted by Gasteiger charge is -2.15. The first-order chi connectivity index (χ1) is 11.5. The second kappa shape index (κ2) is 6.12. The summed E-state index contributed by atoms with van der Waals surface area (Å²) >= 11 is 0. The van der Waals surface area contributed by atoms with Crippen molar-refractivity contribution in [1.82, 2.24) is 9.97 Å². The molecule has 1 aromatic heterocycles. The molecule has 0 saturated carbocycles. The Kier molecular flexibility index (Phi) is 4.00. The SMILES string of the molecule is Cc1cccc(C)c1-c1cc(-c2ncccn2)cc(C(N)=O)c1O. The minimum absolute atomic E-state index is 0.0533. The van der Waals surface area contributed by atoms with E-state index in [1.165, 1.54) is 6.07 Å². The van der Waals surface area contributed by atoms with Gasteiger partial charge in [0.15, 0.2) is 5.82 Å². The van der Waals surface area contributed by atoms with Crippen LogP contribution in [0.15, 0.2) is 48.8 Å². The Bertz CT molecular complexity index is 901. The van der Waals surface area contributed by atoms with Crippen LogP contribution < -0.4 is 5.73 Å². The Morgan fingerprint density at radius 3 is 2.25 bits per heavy atom. The smallest absolute Gasteiger partial charge is 0.252 e. The van der Waals surface area contributed by atoms with E-state index in [2.05, 4.69) is 9.97 Å². The molecule has 0 bridgehead atoms. The fourth-order valence-corrected chi connectivity index (χ4v) is 2.83. The van der Waals surface area contributed by atoms with Crippen LogP contribution >= 0.6 is 0 Å². The van der Waals surface area contributed by atoms with Gasteiger partial charge in [0.1, 0.15) is 5.75 Å². The zero-order chi connectivity index (χ0) is 17.3. The van der Waals surface area contributed by atoms with E-state index in [0.29, 0.717) is 17.0 Å². The van der Waals surface area contributed by atoms with Gasteiger partial charge in [0.25, 0.3) is 5.91 Å². The van der Waals surface area contributed by atoms with Gasteiger partial charge in [0, 0.05) is 23.5 Å². The molecule has 3 aromatic rings. The second-order valence-electron chi connectivity index (χ2n) is 5.62. The molecule has 3 N–H and O–H groups in total. The number of amides is 1. The minimum Gasteiger partial charge on any atom is -0.506 e. The molecule has 120 valence electrons. The van der Waals surface area contributed by atoms with Crippen molar-refractivity contribution in [3.8, 4) is 28.3 Å². The van der Waals surface area contributed by atoms with E-state index in [1.807, 2.05) is 32.0 Å². The van der Waals surface area contributed by atoms with Gasteiger partial charge in [-0.25, -0.2) is 9.97 Å². The van der Waals surface area contributed by atoms with E-state index in [1.54, 1.807) is 24.5 Å². The standard InChI is InChI=1S/C19H17N3O2/c1-11-5-3-6-12(2)16(11)14-9-13(19-21-7-4-8-22-19)10-15(17(14)23)18(20)24/h3-10,23H,1-2H3,(H2,20,24). The van der Waals surface area contributed by atoms with Crippen molar-refractivity contribution in [3.05, 3.63) is 65.5 Å². The van der Waals surface area contributed by atoms with Crippen molar-refractivity contribution < 1.29 is 9.90 Å². The molecule has 0 saturated heterocycles. The topological polar surface area (TPSA) is 89.1 Å². The van der Waals surface area contributed by atoms with Gasteiger partial charge < -0.3 is 10.8 Å². The molecular formula is C19H17N3O2. The van der Waals surface area contributed by atoms with Crippen molar-refractivity contribution in [2.75, 3.05) is 0 Å². The fourth-order valence-electron chi connectivity index (χ4n) is 2.83. The highest BCUT2D eigenvalue weighted by Gasteiger charge is 2.19. The highest BCUT2D eigenvalue weighted by atomic mass is 16.3. The molecule has 0 unspecified atom stereocenters. The van der Waals surface area contributed by atoms with Crippen LogP contribution in [0, 0.1) is 13.8 Å². The molecule has 0 fully saturated rings. The molecule has 0 atom stereocenters. The van der Waals surface area contributed by atoms with Gasteiger partial charge >= 0.3 is 0 Å². The second-order valence-corrected chi connectivity index (χ2v) is 5.62. The number of aromatic hydroxyl groups is 1. The molecule has 3 rings (SSSR count). The third-order valence-electron chi connectivity index (χ3n) is 3.95. The molecule has 5 nitrogen and oxygen atoms in total. The van der Waals surface area contributed by atoms with Crippen molar-refractivity contribution in [3.63, 3.8) is 0 Å². The molecule has 0 aliphatic carbocycles. The van der Waals surface area contributed by atoms with E-state index in [4.69, 9.17) is 5.73 Å². The van der Waals surface area contributed by atoms with Crippen molar-refractivity contribution in [2.45, 2.75) is 13.8 Å². The Morgan fingerprint density at radius 1 is 1.04 bits per heavy atom. The van der Waals surface area contributed by atoms with Crippen LogP contribution in [0.1, 0.15) is 21.5 Å². The van der Waals surface area contributed by atoms with Crippen LogP contribution in [0.2, 0.25) is 0 Å². The molecule has 2 aromatic carbocycles. The van der Waals surface area contributed by atoms with Gasteiger partial charge in [0.05, 0.1) is 5.56 Å².